The number of aryl methyl sites for hydroxylation is 2. The summed E-state index contributed by atoms with van der Waals surface area (Å²) in [7, 11) is 0. The minimum Gasteiger partial charge on any atom is -0.381 e. The summed E-state index contributed by atoms with van der Waals surface area (Å²) in [6.45, 7) is 13.2. The van der Waals surface area contributed by atoms with E-state index in [1.165, 1.54) is 81.1 Å². The fourth-order valence-corrected chi connectivity index (χ4v) is 8.94. The molecule has 6 heterocycles. The Kier molecular flexibility index (Phi) is 14.6. The van der Waals surface area contributed by atoms with E-state index >= 15 is 0 Å². The lowest BCUT2D eigenvalue weighted by Gasteiger charge is -2.35. The van der Waals surface area contributed by atoms with Gasteiger partial charge in [0.2, 0.25) is 0 Å². The van der Waals surface area contributed by atoms with Gasteiger partial charge in [0.1, 0.15) is 0 Å². The van der Waals surface area contributed by atoms with Crippen molar-refractivity contribution in [2.45, 2.75) is 96.3 Å². The van der Waals surface area contributed by atoms with E-state index in [2.05, 4.69) is 47.4 Å². The highest BCUT2D eigenvalue weighted by atomic mass is 32.1. The molecule has 0 radical (unpaired) electrons. The van der Waals surface area contributed by atoms with E-state index in [9.17, 15) is 0 Å². The van der Waals surface area contributed by atoms with Crippen LogP contribution in [0.1, 0.15) is 89.9 Å². The van der Waals surface area contributed by atoms with Crippen molar-refractivity contribution >= 4 is 35.0 Å². The third-order valence-electron chi connectivity index (χ3n) is 8.74. The van der Waals surface area contributed by atoms with E-state index in [1.54, 1.807) is 9.75 Å². The van der Waals surface area contributed by atoms with Gasteiger partial charge in [-0.1, -0.05) is 0 Å². The first-order valence-electron chi connectivity index (χ1n) is 14.7. The molecule has 0 bridgehead atoms. The van der Waals surface area contributed by atoms with Gasteiger partial charge in [0.15, 0.2) is 0 Å². The van der Waals surface area contributed by atoms with Crippen molar-refractivity contribution in [2.75, 3.05) is 39.5 Å². The molecule has 4 aliphatic heterocycles. The number of nitrogens with zero attached hydrogens (tertiary/aromatic N) is 2. The second kappa shape index (κ2) is 17.8. The second-order valence-electron chi connectivity index (χ2n) is 11.0. The van der Waals surface area contributed by atoms with E-state index in [1.807, 2.05) is 22.7 Å². The zero-order valence-corrected chi connectivity index (χ0v) is 26.2. The molecule has 2 unspecified atom stereocenters. The molecule has 4 saturated heterocycles. The van der Waals surface area contributed by atoms with E-state index in [4.69, 9.17) is 28.7 Å². The van der Waals surface area contributed by atoms with Crippen LogP contribution < -0.4 is 0 Å². The molecule has 0 spiro atoms. The Hall–Kier alpha value is -2.00. The van der Waals surface area contributed by atoms with Crippen LogP contribution in [0.3, 0.4) is 0 Å². The van der Waals surface area contributed by atoms with Crippen LogP contribution in [0.5, 0.6) is 0 Å². The minimum atomic E-state index is 0.250. The SMILES string of the molecule is Cc1ccsc1C1CCCN1C1CCOCC1.Cc1csc(C2CCCN2C2CCOCC2)c1C.O=C=O.O=C=O. The Labute approximate surface area is 252 Å². The maximum absolute atomic E-state index is 8.12. The summed E-state index contributed by atoms with van der Waals surface area (Å²) in [4.78, 5) is 41.2. The molecule has 2 atom stereocenters. The summed E-state index contributed by atoms with van der Waals surface area (Å²) in [6.07, 6.45) is 10.8. The normalized spacial score (nSPS) is 23.7. The molecule has 0 aliphatic carbocycles. The first-order chi connectivity index (χ1) is 20.0. The molecular formula is C31H44N2O6S2. The smallest absolute Gasteiger partial charge is 0.373 e. The molecule has 41 heavy (non-hydrogen) atoms. The van der Waals surface area contributed by atoms with Gasteiger partial charge in [-0.05, 0) is 119 Å². The van der Waals surface area contributed by atoms with Gasteiger partial charge in [-0.15, -0.1) is 22.7 Å². The average Bonchev–Trinajstić information content (AvgIpc) is 3.80. The molecule has 2 aromatic heterocycles. The van der Waals surface area contributed by atoms with Crippen LogP contribution in [0.2, 0.25) is 0 Å². The number of ether oxygens (including phenoxy) is 2. The summed E-state index contributed by atoms with van der Waals surface area (Å²) >= 11 is 3.91. The predicted molar refractivity (Wildman–Crippen MR) is 158 cm³/mol. The molecule has 0 N–H and O–H groups in total. The van der Waals surface area contributed by atoms with Crippen LogP contribution in [-0.4, -0.2) is 73.7 Å². The molecule has 4 aliphatic rings. The minimum absolute atomic E-state index is 0.250. The van der Waals surface area contributed by atoms with Crippen LogP contribution in [-0.2, 0) is 28.7 Å². The third kappa shape index (κ3) is 9.24. The summed E-state index contributed by atoms with van der Waals surface area (Å²) in [5, 5.41) is 4.57. The Balaban J connectivity index is 0.000000190. The van der Waals surface area contributed by atoms with Gasteiger partial charge in [0, 0.05) is 60.3 Å². The van der Waals surface area contributed by atoms with Crippen LogP contribution in [0.4, 0.5) is 0 Å². The van der Waals surface area contributed by atoms with Crippen molar-refractivity contribution < 1.29 is 28.7 Å². The van der Waals surface area contributed by atoms with Crippen LogP contribution in [0.15, 0.2) is 16.8 Å². The number of carbonyl (C=O) groups excluding carboxylic acids is 4. The summed E-state index contributed by atoms with van der Waals surface area (Å²) < 4.78 is 11.0. The number of hydrogen-bond acceptors (Lipinski definition) is 10. The second-order valence-corrected chi connectivity index (χ2v) is 12.9. The zero-order valence-electron chi connectivity index (χ0n) is 24.6. The molecule has 0 amide bonds. The predicted octanol–water partition coefficient (Wildman–Crippen LogP) is 5.89. The van der Waals surface area contributed by atoms with Gasteiger partial charge in [0.25, 0.3) is 0 Å². The Morgan fingerprint density at radius 2 is 1.15 bits per heavy atom. The maximum atomic E-state index is 8.12. The number of rotatable bonds is 4. The van der Waals surface area contributed by atoms with E-state index in [0.717, 1.165) is 38.5 Å². The Morgan fingerprint density at radius 1 is 0.683 bits per heavy atom. The fourth-order valence-electron chi connectivity index (χ4n) is 6.63. The van der Waals surface area contributed by atoms with E-state index < -0.39 is 0 Å². The van der Waals surface area contributed by atoms with Gasteiger partial charge in [-0.2, -0.15) is 19.2 Å². The van der Waals surface area contributed by atoms with Gasteiger partial charge in [0.05, 0.1) is 0 Å². The molecule has 0 aromatic carbocycles. The van der Waals surface area contributed by atoms with Gasteiger partial charge in [-0.3, -0.25) is 9.80 Å². The zero-order chi connectivity index (χ0) is 29.6. The number of hydrogen-bond donors (Lipinski definition) is 0. The van der Waals surface area contributed by atoms with E-state index in [0.29, 0.717) is 12.1 Å². The van der Waals surface area contributed by atoms with Crippen molar-refractivity contribution in [1.29, 1.82) is 0 Å². The van der Waals surface area contributed by atoms with Crippen molar-refractivity contribution in [3.05, 3.63) is 43.3 Å². The molecule has 226 valence electrons. The van der Waals surface area contributed by atoms with Crippen molar-refractivity contribution in [2.24, 2.45) is 0 Å². The maximum Gasteiger partial charge on any atom is 0.373 e. The Bertz CT molecular complexity index is 1100. The lowest BCUT2D eigenvalue weighted by molar-refractivity contribution is -0.193. The molecular weight excluding hydrogens is 560 g/mol. The molecule has 2 aromatic rings. The lowest BCUT2D eigenvalue weighted by atomic mass is 10.0. The number of thiophene rings is 2. The molecule has 0 saturated carbocycles. The van der Waals surface area contributed by atoms with Crippen LogP contribution in [0, 0.1) is 20.8 Å². The van der Waals surface area contributed by atoms with Gasteiger partial charge in [-0.25, -0.2) is 0 Å². The van der Waals surface area contributed by atoms with E-state index in [-0.39, 0.29) is 12.3 Å². The van der Waals surface area contributed by atoms with Crippen LogP contribution >= 0.6 is 22.7 Å². The van der Waals surface area contributed by atoms with Crippen molar-refractivity contribution in [1.82, 2.24) is 9.80 Å². The van der Waals surface area contributed by atoms with Gasteiger partial charge >= 0.3 is 12.3 Å². The standard InChI is InChI=1S/C15H23NOS.C14H21NOS.2CO2/c1-11-10-18-15(12(11)2)14-4-3-7-16(14)13-5-8-17-9-6-13;1-11-6-10-17-14(11)13-3-2-7-15(13)12-4-8-16-9-5-12;2*2-1-3/h10,13-14H,3-9H2,1-2H3;6,10,12-13H,2-5,7-9H2,1H3;;. The highest BCUT2D eigenvalue weighted by Gasteiger charge is 2.35. The number of likely N-dealkylation sites (tertiary alicyclic amines) is 2. The Morgan fingerprint density at radius 3 is 1.54 bits per heavy atom. The molecule has 4 fully saturated rings. The summed E-state index contributed by atoms with van der Waals surface area (Å²) in [5.74, 6) is 0. The third-order valence-corrected chi connectivity index (χ3v) is 11.2. The highest BCUT2D eigenvalue weighted by Crippen LogP contribution is 2.41. The van der Waals surface area contributed by atoms with Gasteiger partial charge < -0.3 is 9.47 Å². The molecule has 6 rings (SSSR count). The highest BCUT2D eigenvalue weighted by molar-refractivity contribution is 7.10. The lowest BCUT2D eigenvalue weighted by Crippen LogP contribution is -2.38. The largest absolute Gasteiger partial charge is 0.381 e. The fraction of sp³-hybridized carbons (Fsp3) is 0.677. The molecule has 8 nitrogen and oxygen atoms in total. The molecule has 10 heteroatoms. The van der Waals surface area contributed by atoms with Crippen molar-refractivity contribution in [3.8, 4) is 0 Å². The first-order valence-corrected chi connectivity index (χ1v) is 16.5. The summed E-state index contributed by atoms with van der Waals surface area (Å²) in [5.41, 5.74) is 4.48. The topological polar surface area (TPSA) is 93.2 Å². The first kappa shape index (κ1) is 33.5. The van der Waals surface area contributed by atoms with Crippen LogP contribution in [0.25, 0.3) is 0 Å². The average molecular weight is 605 g/mol. The van der Waals surface area contributed by atoms with Crippen molar-refractivity contribution in [3.63, 3.8) is 0 Å². The monoisotopic (exact) mass is 604 g/mol. The summed E-state index contributed by atoms with van der Waals surface area (Å²) in [6, 6.07) is 5.16. The quantitative estimate of drug-likeness (QED) is 0.427.